The lowest BCUT2D eigenvalue weighted by Crippen LogP contribution is -2.36. The van der Waals surface area contributed by atoms with Gasteiger partial charge in [0, 0.05) is 19.2 Å². The molecule has 0 aliphatic carbocycles. The lowest BCUT2D eigenvalue weighted by molar-refractivity contribution is 0.0838. The number of halogens is 2. The fraction of sp³-hybridized carbons (Fsp3) is 0.462. The molecule has 0 radical (unpaired) electrons. The van der Waals surface area contributed by atoms with E-state index in [4.69, 9.17) is 4.74 Å². The normalized spacial score (nSPS) is 12.8. The van der Waals surface area contributed by atoms with Crippen LogP contribution in [0.15, 0.2) is 18.2 Å². The molecule has 1 aromatic carbocycles. The van der Waals surface area contributed by atoms with Gasteiger partial charge in [0.25, 0.3) is 0 Å². The molecule has 1 rings (SSSR count). The van der Waals surface area contributed by atoms with Crippen LogP contribution in [-0.4, -0.2) is 44.0 Å². The molecule has 100 valence electrons. The summed E-state index contributed by atoms with van der Waals surface area (Å²) in [5.74, 6) is -1.89. The largest absolute Gasteiger partial charge is 0.383 e. The van der Waals surface area contributed by atoms with Gasteiger partial charge in [-0.25, -0.2) is 8.78 Å². The lowest BCUT2D eigenvalue weighted by Gasteiger charge is -2.23. The van der Waals surface area contributed by atoms with Crippen molar-refractivity contribution in [1.29, 1.82) is 0 Å². The van der Waals surface area contributed by atoms with Crippen molar-refractivity contribution in [1.82, 2.24) is 4.90 Å². The van der Waals surface area contributed by atoms with Crippen LogP contribution in [-0.2, 0) is 4.74 Å². The number of benzene rings is 1. The first-order valence-electron chi connectivity index (χ1n) is 5.63. The molecule has 18 heavy (non-hydrogen) atoms. The molecular weight excluding hydrogens is 240 g/mol. The summed E-state index contributed by atoms with van der Waals surface area (Å²) in [6, 6.07) is 3.00. The third-order valence-corrected chi connectivity index (χ3v) is 2.78. The molecular formula is C13H17F2NO2. The molecule has 0 saturated heterocycles. The van der Waals surface area contributed by atoms with Gasteiger partial charge in [-0.2, -0.15) is 0 Å². The average molecular weight is 257 g/mol. The van der Waals surface area contributed by atoms with Gasteiger partial charge in [-0.1, -0.05) is 0 Å². The summed E-state index contributed by atoms with van der Waals surface area (Å²) in [5, 5.41) is 0. The van der Waals surface area contributed by atoms with Crippen LogP contribution in [0.2, 0.25) is 0 Å². The highest BCUT2D eigenvalue weighted by Gasteiger charge is 2.17. The van der Waals surface area contributed by atoms with Crippen molar-refractivity contribution in [2.45, 2.75) is 13.0 Å². The number of rotatable bonds is 6. The van der Waals surface area contributed by atoms with Gasteiger partial charge in [0.05, 0.1) is 18.7 Å². The first kappa shape index (κ1) is 14.7. The molecule has 0 N–H and O–H groups in total. The minimum Gasteiger partial charge on any atom is -0.383 e. The molecule has 0 aliphatic heterocycles. The van der Waals surface area contributed by atoms with E-state index in [1.807, 2.05) is 6.92 Å². The Bertz CT molecular complexity index is 423. The minimum absolute atomic E-state index is 0.0439. The van der Waals surface area contributed by atoms with E-state index in [1.165, 1.54) is 6.07 Å². The summed E-state index contributed by atoms with van der Waals surface area (Å²) >= 11 is 0. The summed E-state index contributed by atoms with van der Waals surface area (Å²) in [4.78, 5) is 13.6. The van der Waals surface area contributed by atoms with E-state index in [-0.39, 0.29) is 23.9 Å². The van der Waals surface area contributed by atoms with Crippen LogP contribution in [0.1, 0.15) is 17.3 Å². The first-order chi connectivity index (χ1) is 8.45. The molecule has 0 fully saturated rings. The summed E-state index contributed by atoms with van der Waals surface area (Å²) in [5.41, 5.74) is -0.0899. The summed E-state index contributed by atoms with van der Waals surface area (Å²) in [6.07, 6.45) is 0. The van der Waals surface area contributed by atoms with E-state index in [0.29, 0.717) is 12.7 Å². The van der Waals surface area contributed by atoms with Crippen molar-refractivity contribution in [3.63, 3.8) is 0 Å². The van der Waals surface area contributed by atoms with Crippen molar-refractivity contribution in [3.8, 4) is 0 Å². The number of hydrogen-bond donors (Lipinski definition) is 0. The molecule has 0 saturated carbocycles. The molecule has 3 nitrogen and oxygen atoms in total. The first-order valence-corrected chi connectivity index (χ1v) is 5.63. The second-order valence-corrected chi connectivity index (χ2v) is 4.27. The molecule has 1 unspecified atom stereocenters. The SMILES string of the molecule is COCC(C)N(C)CC(=O)c1ccc(F)cc1F. The Balaban J connectivity index is 2.70. The van der Waals surface area contributed by atoms with E-state index < -0.39 is 11.6 Å². The van der Waals surface area contributed by atoms with E-state index in [0.717, 1.165) is 6.07 Å². The highest BCUT2D eigenvalue weighted by Crippen LogP contribution is 2.11. The van der Waals surface area contributed by atoms with Gasteiger partial charge in [0.1, 0.15) is 11.6 Å². The molecule has 0 aliphatic rings. The quantitative estimate of drug-likeness (QED) is 0.731. The smallest absolute Gasteiger partial charge is 0.179 e. The zero-order valence-electron chi connectivity index (χ0n) is 10.7. The number of ketones is 1. The molecule has 5 heteroatoms. The topological polar surface area (TPSA) is 29.5 Å². The van der Waals surface area contributed by atoms with Gasteiger partial charge in [0.15, 0.2) is 5.78 Å². The molecule has 0 amide bonds. The van der Waals surface area contributed by atoms with Gasteiger partial charge in [0.2, 0.25) is 0 Å². The second kappa shape index (κ2) is 6.56. The van der Waals surface area contributed by atoms with Crippen LogP contribution in [0.5, 0.6) is 0 Å². The Morgan fingerprint density at radius 1 is 1.44 bits per heavy atom. The number of carbonyl (C=O) groups is 1. The zero-order valence-corrected chi connectivity index (χ0v) is 10.7. The Morgan fingerprint density at radius 3 is 2.67 bits per heavy atom. The third-order valence-electron chi connectivity index (χ3n) is 2.78. The number of methoxy groups -OCH3 is 1. The van der Waals surface area contributed by atoms with E-state index in [9.17, 15) is 13.6 Å². The zero-order chi connectivity index (χ0) is 13.7. The Kier molecular flexibility index (Phi) is 5.37. The van der Waals surface area contributed by atoms with Crippen molar-refractivity contribution >= 4 is 5.78 Å². The van der Waals surface area contributed by atoms with Gasteiger partial charge in [-0.05, 0) is 26.1 Å². The van der Waals surface area contributed by atoms with E-state index >= 15 is 0 Å². The minimum atomic E-state index is -0.826. The van der Waals surface area contributed by atoms with Crippen molar-refractivity contribution < 1.29 is 18.3 Å². The summed E-state index contributed by atoms with van der Waals surface area (Å²) in [7, 11) is 3.33. The monoisotopic (exact) mass is 257 g/mol. The Labute approximate surface area is 105 Å². The van der Waals surface area contributed by atoms with Gasteiger partial charge in [-0.3, -0.25) is 9.69 Å². The molecule has 0 bridgehead atoms. The highest BCUT2D eigenvalue weighted by atomic mass is 19.1. The number of Topliss-reactive ketones (excluding diaryl/α,β-unsaturated/α-hetero) is 1. The predicted octanol–water partition coefficient (Wildman–Crippen LogP) is 2.11. The van der Waals surface area contributed by atoms with Crippen LogP contribution in [0.3, 0.4) is 0 Å². The highest BCUT2D eigenvalue weighted by molar-refractivity contribution is 5.97. The van der Waals surface area contributed by atoms with Crippen molar-refractivity contribution in [2.75, 3.05) is 27.3 Å². The number of hydrogen-bond acceptors (Lipinski definition) is 3. The third kappa shape index (κ3) is 3.85. The predicted molar refractivity (Wildman–Crippen MR) is 64.7 cm³/mol. The van der Waals surface area contributed by atoms with E-state index in [1.54, 1.807) is 19.1 Å². The number of carbonyl (C=O) groups excluding carboxylic acids is 1. The van der Waals surface area contributed by atoms with Gasteiger partial charge >= 0.3 is 0 Å². The van der Waals surface area contributed by atoms with Crippen LogP contribution >= 0.6 is 0 Å². The lowest BCUT2D eigenvalue weighted by atomic mass is 10.1. The van der Waals surface area contributed by atoms with Crippen LogP contribution in [0.4, 0.5) is 8.78 Å². The number of likely N-dealkylation sites (N-methyl/N-ethyl adjacent to an activating group) is 1. The standard InChI is InChI=1S/C13H17F2NO2/c1-9(8-18-3)16(2)7-13(17)11-5-4-10(14)6-12(11)15/h4-6,9H,7-8H2,1-3H3. The maximum absolute atomic E-state index is 13.4. The van der Waals surface area contributed by atoms with Crippen LogP contribution < -0.4 is 0 Å². The average Bonchev–Trinajstić information content (AvgIpc) is 2.28. The molecule has 1 aromatic rings. The molecule has 0 heterocycles. The van der Waals surface area contributed by atoms with E-state index in [2.05, 4.69) is 0 Å². The Morgan fingerprint density at radius 2 is 2.11 bits per heavy atom. The fourth-order valence-electron chi connectivity index (χ4n) is 1.55. The van der Waals surface area contributed by atoms with Crippen molar-refractivity contribution in [2.24, 2.45) is 0 Å². The molecule has 1 atom stereocenters. The van der Waals surface area contributed by atoms with Gasteiger partial charge in [-0.15, -0.1) is 0 Å². The van der Waals surface area contributed by atoms with Crippen LogP contribution in [0, 0.1) is 11.6 Å². The van der Waals surface area contributed by atoms with Crippen molar-refractivity contribution in [3.05, 3.63) is 35.4 Å². The second-order valence-electron chi connectivity index (χ2n) is 4.27. The maximum atomic E-state index is 13.4. The summed E-state index contributed by atoms with van der Waals surface area (Å²) < 4.78 is 31.1. The molecule has 0 spiro atoms. The van der Waals surface area contributed by atoms with Crippen LogP contribution in [0.25, 0.3) is 0 Å². The maximum Gasteiger partial charge on any atom is 0.179 e. The van der Waals surface area contributed by atoms with Gasteiger partial charge < -0.3 is 4.74 Å². The Hall–Kier alpha value is -1.33. The number of nitrogens with zero attached hydrogens (tertiary/aromatic N) is 1. The molecule has 0 aromatic heterocycles. The number of ether oxygens (including phenoxy) is 1. The fourth-order valence-corrected chi connectivity index (χ4v) is 1.55. The summed E-state index contributed by atoms with van der Waals surface area (Å²) in [6.45, 7) is 2.44.